The van der Waals surface area contributed by atoms with Crippen LogP contribution in [0.4, 0.5) is 0 Å². The SMILES string of the molecule is CCCCCCCCCCCCN(CCCCCCCCCCCC)C(=O)c1c(CO)c(C)n(C)c1C. The molecule has 0 aliphatic carbocycles. The van der Waals surface area contributed by atoms with E-state index in [4.69, 9.17) is 0 Å². The lowest BCUT2D eigenvalue weighted by molar-refractivity contribution is 0.0745. The lowest BCUT2D eigenvalue weighted by Crippen LogP contribution is -2.34. The summed E-state index contributed by atoms with van der Waals surface area (Å²) in [5.41, 5.74) is 3.52. The first kappa shape index (κ1) is 33.7. The number of rotatable bonds is 24. The van der Waals surface area contributed by atoms with E-state index in [0.717, 1.165) is 48.4 Å². The van der Waals surface area contributed by atoms with Crippen LogP contribution in [-0.2, 0) is 13.7 Å². The van der Waals surface area contributed by atoms with Crippen molar-refractivity contribution < 1.29 is 9.90 Å². The maximum Gasteiger partial charge on any atom is 0.256 e. The van der Waals surface area contributed by atoms with E-state index < -0.39 is 0 Å². The number of carbonyl (C=O) groups excluding carboxylic acids is 1. The molecule has 0 saturated carbocycles. The molecule has 0 fully saturated rings. The van der Waals surface area contributed by atoms with Gasteiger partial charge in [-0.25, -0.2) is 0 Å². The van der Waals surface area contributed by atoms with Crippen LogP contribution in [0.25, 0.3) is 0 Å². The summed E-state index contributed by atoms with van der Waals surface area (Å²) < 4.78 is 2.05. The quantitative estimate of drug-likeness (QED) is 0.139. The Morgan fingerprint density at radius 1 is 0.622 bits per heavy atom. The van der Waals surface area contributed by atoms with Gasteiger partial charge in [0, 0.05) is 37.1 Å². The number of nitrogens with zero attached hydrogens (tertiary/aromatic N) is 2. The third-order valence-corrected chi connectivity index (χ3v) is 8.33. The van der Waals surface area contributed by atoms with Gasteiger partial charge in [0.25, 0.3) is 5.91 Å². The number of carbonyl (C=O) groups is 1. The molecule has 0 saturated heterocycles. The van der Waals surface area contributed by atoms with Gasteiger partial charge in [-0.1, -0.05) is 129 Å². The van der Waals surface area contributed by atoms with Gasteiger partial charge >= 0.3 is 0 Å². The molecule has 0 aliphatic rings. The fourth-order valence-corrected chi connectivity index (χ4v) is 5.55. The van der Waals surface area contributed by atoms with Gasteiger partial charge in [0.05, 0.1) is 12.2 Å². The summed E-state index contributed by atoms with van der Waals surface area (Å²) >= 11 is 0. The molecule has 1 aromatic rings. The van der Waals surface area contributed by atoms with Gasteiger partial charge in [-0.05, 0) is 26.7 Å². The highest BCUT2D eigenvalue weighted by Gasteiger charge is 2.25. The Balaban J connectivity index is 2.51. The van der Waals surface area contributed by atoms with Gasteiger partial charge in [-0.2, -0.15) is 0 Å². The summed E-state index contributed by atoms with van der Waals surface area (Å²) in [6.45, 7) is 10.2. The number of hydrogen-bond acceptors (Lipinski definition) is 2. The highest BCUT2D eigenvalue weighted by Crippen LogP contribution is 2.24. The van der Waals surface area contributed by atoms with E-state index in [2.05, 4.69) is 23.3 Å². The van der Waals surface area contributed by atoms with E-state index in [-0.39, 0.29) is 12.5 Å². The normalized spacial score (nSPS) is 11.4. The van der Waals surface area contributed by atoms with Gasteiger partial charge in [-0.15, -0.1) is 0 Å². The smallest absolute Gasteiger partial charge is 0.256 e. The molecular formula is C33H62N2O2. The number of amides is 1. The van der Waals surface area contributed by atoms with Gasteiger partial charge in [0.1, 0.15) is 0 Å². The third-order valence-electron chi connectivity index (χ3n) is 8.33. The fourth-order valence-electron chi connectivity index (χ4n) is 5.55. The first-order valence-corrected chi connectivity index (χ1v) is 16.0. The second kappa shape index (κ2) is 21.6. The summed E-state index contributed by atoms with van der Waals surface area (Å²) in [7, 11) is 2.00. The topological polar surface area (TPSA) is 45.5 Å². The van der Waals surface area contributed by atoms with Gasteiger partial charge in [0.15, 0.2) is 0 Å². The van der Waals surface area contributed by atoms with Crippen LogP contribution >= 0.6 is 0 Å². The number of aliphatic hydroxyl groups excluding tert-OH is 1. The lowest BCUT2D eigenvalue weighted by Gasteiger charge is -2.24. The van der Waals surface area contributed by atoms with Crippen molar-refractivity contribution in [1.82, 2.24) is 9.47 Å². The molecule has 4 nitrogen and oxygen atoms in total. The molecule has 0 radical (unpaired) electrons. The van der Waals surface area contributed by atoms with Crippen LogP contribution in [0.3, 0.4) is 0 Å². The minimum absolute atomic E-state index is 0.0705. The Morgan fingerprint density at radius 2 is 0.973 bits per heavy atom. The molecule has 37 heavy (non-hydrogen) atoms. The van der Waals surface area contributed by atoms with Crippen molar-refractivity contribution in [3.8, 4) is 0 Å². The van der Waals surface area contributed by atoms with E-state index in [1.54, 1.807) is 0 Å². The second-order valence-electron chi connectivity index (χ2n) is 11.4. The highest BCUT2D eigenvalue weighted by molar-refractivity contribution is 5.97. The Kier molecular flexibility index (Phi) is 19.7. The monoisotopic (exact) mass is 518 g/mol. The maximum atomic E-state index is 13.7. The minimum atomic E-state index is -0.0705. The van der Waals surface area contributed by atoms with Crippen LogP contribution < -0.4 is 0 Å². The average Bonchev–Trinajstić information content (AvgIpc) is 3.12. The molecule has 1 amide bonds. The molecule has 1 heterocycles. The van der Waals surface area contributed by atoms with Crippen molar-refractivity contribution >= 4 is 5.91 Å². The summed E-state index contributed by atoms with van der Waals surface area (Å²) in [5, 5.41) is 10.0. The Bertz CT molecular complexity index is 686. The number of unbranched alkanes of at least 4 members (excludes halogenated alkanes) is 18. The van der Waals surface area contributed by atoms with Gasteiger partial charge in [-0.3, -0.25) is 4.79 Å². The fraction of sp³-hybridized carbons (Fsp3) is 0.848. The molecule has 4 heteroatoms. The van der Waals surface area contributed by atoms with Crippen LogP contribution in [-0.4, -0.2) is 33.6 Å². The molecule has 0 unspecified atom stereocenters. The molecule has 0 spiro atoms. The molecule has 0 aromatic carbocycles. The van der Waals surface area contributed by atoms with Crippen LogP contribution in [0.15, 0.2) is 0 Å². The predicted molar refractivity (Wildman–Crippen MR) is 160 cm³/mol. The maximum absolute atomic E-state index is 13.7. The molecule has 1 aromatic heterocycles. The highest BCUT2D eigenvalue weighted by atomic mass is 16.3. The first-order chi connectivity index (χ1) is 18.0. The summed E-state index contributed by atoms with van der Waals surface area (Å²) in [4.78, 5) is 15.8. The van der Waals surface area contributed by atoms with Crippen LogP contribution in [0.2, 0.25) is 0 Å². The average molecular weight is 519 g/mol. The summed E-state index contributed by atoms with van der Waals surface area (Å²) in [5.74, 6) is 0.122. The van der Waals surface area contributed by atoms with Crippen molar-refractivity contribution in [2.45, 2.75) is 163 Å². The van der Waals surface area contributed by atoms with Crippen LogP contribution in [0.5, 0.6) is 0 Å². The number of hydrogen-bond donors (Lipinski definition) is 1. The van der Waals surface area contributed by atoms with Crippen LogP contribution in [0, 0.1) is 13.8 Å². The Labute approximate surface area is 230 Å². The van der Waals surface area contributed by atoms with Gasteiger partial charge in [0.2, 0.25) is 0 Å². The minimum Gasteiger partial charge on any atom is -0.392 e. The van der Waals surface area contributed by atoms with E-state index in [1.807, 2.05) is 20.9 Å². The summed E-state index contributed by atoms with van der Waals surface area (Å²) in [6, 6.07) is 0. The van der Waals surface area contributed by atoms with Crippen molar-refractivity contribution in [3.63, 3.8) is 0 Å². The van der Waals surface area contributed by atoms with E-state index in [1.165, 1.54) is 116 Å². The zero-order valence-corrected chi connectivity index (χ0v) is 25.5. The molecule has 0 aliphatic heterocycles. The number of aromatic nitrogens is 1. The predicted octanol–water partition coefficient (Wildman–Crippen LogP) is 9.42. The van der Waals surface area contributed by atoms with Crippen molar-refractivity contribution in [2.75, 3.05) is 13.1 Å². The Hall–Kier alpha value is -1.29. The van der Waals surface area contributed by atoms with E-state index >= 15 is 0 Å². The van der Waals surface area contributed by atoms with Crippen molar-refractivity contribution in [3.05, 3.63) is 22.5 Å². The molecule has 1 N–H and O–H groups in total. The molecule has 0 bridgehead atoms. The van der Waals surface area contributed by atoms with E-state index in [0.29, 0.717) is 0 Å². The standard InChI is InChI=1S/C33H62N2O2/c1-6-8-10-12-14-16-18-20-22-24-26-35(27-25-23-21-19-17-15-13-11-9-7-2)33(37)32-30(4)34(5)29(3)31(32)28-36/h36H,6-28H2,1-5H3. The third kappa shape index (κ3) is 13.4. The van der Waals surface area contributed by atoms with Gasteiger partial charge < -0.3 is 14.6 Å². The molecule has 216 valence electrons. The van der Waals surface area contributed by atoms with E-state index in [9.17, 15) is 9.90 Å². The Morgan fingerprint density at radius 3 is 1.32 bits per heavy atom. The molecular weight excluding hydrogens is 456 g/mol. The largest absolute Gasteiger partial charge is 0.392 e. The van der Waals surface area contributed by atoms with Crippen LogP contribution in [0.1, 0.15) is 170 Å². The molecule has 0 atom stereocenters. The zero-order valence-electron chi connectivity index (χ0n) is 25.5. The van der Waals surface area contributed by atoms with Crippen molar-refractivity contribution in [1.29, 1.82) is 0 Å². The number of aliphatic hydroxyl groups is 1. The zero-order chi connectivity index (χ0) is 27.3. The first-order valence-electron chi connectivity index (χ1n) is 16.0. The lowest BCUT2D eigenvalue weighted by atomic mass is 10.0. The van der Waals surface area contributed by atoms with Crippen molar-refractivity contribution in [2.24, 2.45) is 7.05 Å². The summed E-state index contributed by atoms with van der Waals surface area (Å²) in [6.07, 6.45) is 26.2. The second-order valence-corrected chi connectivity index (χ2v) is 11.4. The molecule has 1 rings (SSSR count).